The highest BCUT2D eigenvalue weighted by atomic mass is 79.9. The molecule has 0 bridgehead atoms. The average Bonchev–Trinajstić information content (AvgIpc) is 2.89. The van der Waals surface area contributed by atoms with Crippen LogP contribution in [0.1, 0.15) is 5.82 Å². The lowest BCUT2D eigenvalue weighted by atomic mass is 10.4. The fraction of sp³-hybridized carbons (Fsp3) is 0.400. The second-order valence-corrected chi connectivity index (χ2v) is 4.85. The van der Waals surface area contributed by atoms with E-state index in [-0.39, 0.29) is 4.47 Å². The second kappa shape index (κ2) is 6.24. The molecule has 0 unspecified atom stereocenters. The highest BCUT2D eigenvalue weighted by Crippen LogP contribution is 2.19. The first-order valence-corrected chi connectivity index (χ1v) is 6.56. The van der Waals surface area contributed by atoms with Crippen molar-refractivity contribution < 1.29 is 13.2 Å². The van der Waals surface area contributed by atoms with Crippen molar-refractivity contribution in [3.05, 3.63) is 33.2 Å². The summed E-state index contributed by atoms with van der Waals surface area (Å²) in [5.74, 6) is 0.650. The topological polar surface area (TPSA) is 88.5 Å². The van der Waals surface area contributed by atoms with Gasteiger partial charge in [0, 0.05) is 13.0 Å². The lowest BCUT2D eigenvalue weighted by Crippen LogP contribution is -2.31. The van der Waals surface area contributed by atoms with Gasteiger partial charge >= 0.3 is 6.18 Å². The van der Waals surface area contributed by atoms with Crippen LogP contribution >= 0.6 is 15.9 Å². The summed E-state index contributed by atoms with van der Waals surface area (Å²) in [5.41, 5.74) is -0.532. The van der Waals surface area contributed by atoms with Crippen molar-refractivity contribution in [2.45, 2.75) is 19.1 Å². The zero-order chi connectivity index (χ0) is 15.5. The number of rotatable bonds is 5. The number of hydrogen-bond acceptors (Lipinski definition) is 5. The van der Waals surface area contributed by atoms with Crippen LogP contribution in [-0.2, 0) is 13.0 Å². The van der Waals surface area contributed by atoms with Crippen LogP contribution in [0.2, 0.25) is 0 Å². The summed E-state index contributed by atoms with van der Waals surface area (Å²) in [4.78, 5) is 15.7. The summed E-state index contributed by atoms with van der Waals surface area (Å²) in [6.45, 7) is -1.01. The molecule has 2 rings (SSSR count). The van der Waals surface area contributed by atoms with Crippen LogP contribution in [0.4, 0.5) is 18.9 Å². The Bertz CT molecular complexity index is 654. The fourth-order valence-electron chi connectivity index (χ4n) is 1.54. The molecule has 0 aliphatic rings. The molecule has 11 heteroatoms. The van der Waals surface area contributed by atoms with Gasteiger partial charge in [-0.3, -0.25) is 9.89 Å². The number of anilines is 1. The summed E-state index contributed by atoms with van der Waals surface area (Å²) in [6.07, 6.45) is -1.46. The normalized spacial score (nSPS) is 11.6. The van der Waals surface area contributed by atoms with Gasteiger partial charge < -0.3 is 5.32 Å². The molecule has 0 radical (unpaired) electrons. The van der Waals surface area contributed by atoms with Gasteiger partial charge in [0.15, 0.2) is 0 Å². The van der Waals surface area contributed by atoms with Crippen molar-refractivity contribution in [3.8, 4) is 0 Å². The maximum atomic E-state index is 12.3. The van der Waals surface area contributed by atoms with Gasteiger partial charge in [0.1, 0.15) is 23.2 Å². The van der Waals surface area contributed by atoms with Gasteiger partial charge in [-0.25, -0.2) is 9.67 Å². The van der Waals surface area contributed by atoms with Gasteiger partial charge in [-0.15, -0.1) is 0 Å². The van der Waals surface area contributed by atoms with Crippen molar-refractivity contribution in [2.24, 2.45) is 0 Å². The minimum Gasteiger partial charge on any atom is -0.382 e. The van der Waals surface area contributed by atoms with Gasteiger partial charge in [-0.1, -0.05) is 0 Å². The first kappa shape index (κ1) is 15.5. The minimum atomic E-state index is -4.50. The Hall–Kier alpha value is -1.91. The smallest absolute Gasteiger partial charge is 0.382 e. The Kier molecular flexibility index (Phi) is 4.60. The predicted octanol–water partition coefficient (Wildman–Crippen LogP) is 1.34. The Labute approximate surface area is 124 Å². The van der Waals surface area contributed by atoms with Crippen LogP contribution in [0.5, 0.6) is 0 Å². The van der Waals surface area contributed by atoms with Crippen LogP contribution in [0, 0.1) is 0 Å². The Morgan fingerprint density at radius 2 is 2.19 bits per heavy atom. The van der Waals surface area contributed by atoms with E-state index in [0.29, 0.717) is 29.2 Å². The maximum Gasteiger partial charge on any atom is 0.408 e. The number of hydrogen-bond donors (Lipinski definition) is 2. The molecule has 2 heterocycles. The van der Waals surface area contributed by atoms with Crippen molar-refractivity contribution in [1.29, 1.82) is 0 Å². The number of aromatic amines is 1. The number of halogens is 4. The van der Waals surface area contributed by atoms with E-state index in [1.54, 1.807) is 0 Å². The third-order valence-electron chi connectivity index (χ3n) is 2.46. The van der Waals surface area contributed by atoms with E-state index in [1.165, 1.54) is 6.33 Å². The molecule has 2 aromatic heterocycles. The molecule has 0 atom stereocenters. The van der Waals surface area contributed by atoms with E-state index in [4.69, 9.17) is 0 Å². The first-order valence-electron chi connectivity index (χ1n) is 5.77. The lowest BCUT2D eigenvalue weighted by Gasteiger charge is -2.11. The molecule has 0 aliphatic heterocycles. The molecule has 21 heavy (non-hydrogen) atoms. The summed E-state index contributed by atoms with van der Waals surface area (Å²) >= 11 is 2.98. The molecular weight excluding hydrogens is 357 g/mol. The molecule has 0 saturated carbocycles. The third kappa shape index (κ3) is 4.28. The van der Waals surface area contributed by atoms with E-state index in [2.05, 4.69) is 41.5 Å². The second-order valence-electron chi connectivity index (χ2n) is 4.06. The van der Waals surface area contributed by atoms with Crippen molar-refractivity contribution in [3.63, 3.8) is 0 Å². The summed E-state index contributed by atoms with van der Waals surface area (Å²) < 4.78 is 37.2. The molecule has 0 spiro atoms. The Balaban J connectivity index is 2.04. The molecule has 0 aromatic carbocycles. The van der Waals surface area contributed by atoms with Crippen LogP contribution < -0.4 is 10.9 Å². The third-order valence-corrected chi connectivity index (χ3v) is 3.22. The van der Waals surface area contributed by atoms with Gasteiger partial charge in [0.25, 0.3) is 5.56 Å². The van der Waals surface area contributed by atoms with Gasteiger partial charge in [0.2, 0.25) is 0 Å². The highest BCUT2D eigenvalue weighted by molar-refractivity contribution is 9.10. The largest absolute Gasteiger partial charge is 0.408 e. The molecule has 0 aliphatic carbocycles. The quantitative estimate of drug-likeness (QED) is 0.833. The fourth-order valence-corrected chi connectivity index (χ4v) is 1.98. The first-order chi connectivity index (χ1) is 9.87. The van der Waals surface area contributed by atoms with Gasteiger partial charge in [0.05, 0.1) is 11.9 Å². The van der Waals surface area contributed by atoms with Crippen LogP contribution in [-0.4, -0.2) is 37.7 Å². The lowest BCUT2D eigenvalue weighted by molar-refractivity contribution is -0.143. The van der Waals surface area contributed by atoms with E-state index in [1.807, 2.05) is 0 Å². The summed E-state index contributed by atoms with van der Waals surface area (Å²) in [6, 6.07) is 0. The zero-order valence-electron chi connectivity index (χ0n) is 10.5. The number of alkyl halides is 3. The van der Waals surface area contributed by atoms with E-state index >= 15 is 0 Å². The van der Waals surface area contributed by atoms with Gasteiger partial charge in [-0.2, -0.15) is 23.4 Å². The van der Waals surface area contributed by atoms with Crippen LogP contribution in [0.3, 0.4) is 0 Å². The van der Waals surface area contributed by atoms with Crippen molar-refractivity contribution >= 4 is 21.6 Å². The number of H-pyrrole nitrogens is 1. The Morgan fingerprint density at radius 3 is 2.81 bits per heavy atom. The summed E-state index contributed by atoms with van der Waals surface area (Å²) in [7, 11) is 0. The monoisotopic (exact) mass is 366 g/mol. The number of nitrogens with one attached hydrogen (secondary N) is 2. The average molecular weight is 367 g/mol. The van der Waals surface area contributed by atoms with E-state index in [0.717, 1.165) is 6.20 Å². The minimum absolute atomic E-state index is 0.000630. The van der Waals surface area contributed by atoms with Gasteiger partial charge in [-0.05, 0) is 15.9 Å². The van der Waals surface area contributed by atoms with Crippen LogP contribution in [0.25, 0.3) is 0 Å². The number of nitrogens with zero attached hydrogens (tertiary/aromatic N) is 4. The number of aromatic nitrogens is 5. The summed E-state index contributed by atoms with van der Waals surface area (Å²) in [5, 5.41) is 12.7. The molecule has 2 N–H and O–H groups in total. The molecule has 114 valence electrons. The molecular formula is C10H10BrF3N6O. The molecule has 2 aromatic rings. The molecule has 0 fully saturated rings. The Morgan fingerprint density at radius 1 is 1.43 bits per heavy atom. The predicted molar refractivity (Wildman–Crippen MR) is 70.8 cm³/mol. The SMILES string of the molecule is O=c1c(Br)c(NCCc2ncn[nH]2)cnn1CC(F)(F)F. The molecule has 7 nitrogen and oxygen atoms in total. The molecule has 0 saturated heterocycles. The zero-order valence-corrected chi connectivity index (χ0v) is 12.1. The molecule has 0 amide bonds. The maximum absolute atomic E-state index is 12.3. The highest BCUT2D eigenvalue weighted by Gasteiger charge is 2.29. The van der Waals surface area contributed by atoms with Crippen molar-refractivity contribution in [2.75, 3.05) is 11.9 Å². The van der Waals surface area contributed by atoms with E-state index in [9.17, 15) is 18.0 Å². The van der Waals surface area contributed by atoms with Crippen molar-refractivity contribution in [1.82, 2.24) is 25.0 Å². The standard InChI is InChI=1S/C10H10BrF3N6O/c11-8-6(15-2-1-7-16-5-17-19-7)3-18-20(9(8)21)4-10(12,13)14/h3,5,15H,1-2,4H2,(H,16,17,19). The van der Waals surface area contributed by atoms with Crippen LogP contribution in [0.15, 0.2) is 21.8 Å². The van der Waals surface area contributed by atoms with E-state index < -0.39 is 18.3 Å².